The number of carbonyl (C=O) groups is 1. The number of nitrogens with zero attached hydrogens (tertiary/aromatic N) is 1. The van der Waals surface area contributed by atoms with Crippen LogP contribution in [0.25, 0.3) is 0 Å². The van der Waals surface area contributed by atoms with Crippen molar-refractivity contribution in [2.24, 2.45) is 0 Å². The van der Waals surface area contributed by atoms with Crippen molar-refractivity contribution in [3.8, 4) is 5.75 Å². The van der Waals surface area contributed by atoms with E-state index in [9.17, 15) is 9.59 Å². The molecule has 132 valence electrons. The Hall–Kier alpha value is -2.56. The van der Waals surface area contributed by atoms with E-state index in [2.05, 4.69) is 0 Å². The highest BCUT2D eigenvalue weighted by molar-refractivity contribution is 5.95. The molecule has 25 heavy (non-hydrogen) atoms. The van der Waals surface area contributed by atoms with Gasteiger partial charge in [0, 0.05) is 37.6 Å². The van der Waals surface area contributed by atoms with Crippen LogP contribution in [-0.2, 0) is 0 Å². The molecule has 1 aromatic carbocycles. The fourth-order valence-corrected chi connectivity index (χ4v) is 3.24. The van der Waals surface area contributed by atoms with Crippen molar-refractivity contribution in [2.45, 2.75) is 39.7 Å². The number of rotatable bonds is 3. The lowest BCUT2D eigenvalue weighted by Gasteiger charge is -2.32. The molecule has 5 nitrogen and oxygen atoms in total. The number of piperidine rings is 1. The molecule has 1 fully saturated rings. The monoisotopic (exact) mass is 341 g/mol. The lowest BCUT2D eigenvalue weighted by molar-refractivity contribution is 0.0594. The average molecular weight is 341 g/mol. The zero-order chi connectivity index (χ0) is 18.0. The summed E-state index contributed by atoms with van der Waals surface area (Å²) in [4.78, 5) is 26.0. The smallest absolute Gasteiger partial charge is 0.339 e. The van der Waals surface area contributed by atoms with E-state index in [1.165, 1.54) is 6.07 Å². The van der Waals surface area contributed by atoms with Gasteiger partial charge in [-0.05, 0) is 32.4 Å². The molecular weight excluding hydrogens is 318 g/mol. The van der Waals surface area contributed by atoms with Gasteiger partial charge in [0.2, 0.25) is 0 Å². The van der Waals surface area contributed by atoms with Crippen molar-refractivity contribution in [3.05, 3.63) is 63.2 Å². The quantitative estimate of drug-likeness (QED) is 0.860. The summed E-state index contributed by atoms with van der Waals surface area (Å²) in [6, 6.07) is 8.99. The third kappa shape index (κ3) is 4.10. The number of ether oxygens (including phenoxy) is 1. The van der Waals surface area contributed by atoms with Crippen molar-refractivity contribution < 1.29 is 13.9 Å². The van der Waals surface area contributed by atoms with E-state index in [1.54, 1.807) is 13.0 Å². The van der Waals surface area contributed by atoms with E-state index in [4.69, 9.17) is 9.15 Å². The zero-order valence-corrected chi connectivity index (χ0v) is 14.9. The molecule has 1 amide bonds. The molecule has 0 aliphatic carbocycles. The minimum atomic E-state index is -0.405. The first-order valence-corrected chi connectivity index (χ1v) is 8.57. The topological polar surface area (TPSA) is 59.8 Å². The summed E-state index contributed by atoms with van der Waals surface area (Å²) in [6.45, 7) is 7.02. The Bertz CT molecular complexity index is 832. The highest BCUT2D eigenvalue weighted by Crippen LogP contribution is 2.21. The number of benzene rings is 1. The first-order chi connectivity index (χ1) is 11.9. The van der Waals surface area contributed by atoms with E-state index in [-0.39, 0.29) is 12.0 Å². The van der Waals surface area contributed by atoms with Gasteiger partial charge in [-0.15, -0.1) is 0 Å². The van der Waals surface area contributed by atoms with Crippen molar-refractivity contribution in [1.29, 1.82) is 0 Å². The maximum atomic E-state index is 12.7. The first-order valence-electron chi connectivity index (χ1n) is 8.57. The number of carbonyl (C=O) groups excluding carboxylic acids is 1. The molecule has 0 N–H and O–H groups in total. The van der Waals surface area contributed by atoms with Crippen molar-refractivity contribution in [1.82, 2.24) is 4.90 Å². The summed E-state index contributed by atoms with van der Waals surface area (Å²) >= 11 is 0. The van der Waals surface area contributed by atoms with E-state index in [0.717, 1.165) is 29.5 Å². The Morgan fingerprint density at radius 2 is 1.84 bits per heavy atom. The standard InChI is InChI=1S/C20H23NO4/c1-13-4-5-18(14(2)10-13)20(23)21-8-6-16(7-9-21)25-17-11-15(3)24-19(22)12-17/h4-5,10-12,16H,6-9H2,1-3H3. The Balaban J connectivity index is 1.61. The van der Waals surface area contributed by atoms with Crippen LogP contribution in [0.4, 0.5) is 0 Å². The van der Waals surface area contributed by atoms with Crippen LogP contribution < -0.4 is 10.4 Å². The number of hydrogen-bond donors (Lipinski definition) is 0. The Morgan fingerprint density at radius 3 is 2.48 bits per heavy atom. The average Bonchev–Trinajstić information content (AvgIpc) is 2.54. The van der Waals surface area contributed by atoms with Crippen LogP contribution >= 0.6 is 0 Å². The third-order valence-corrected chi connectivity index (χ3v) is 4.51. The molecule has 0 saturated carbocycles. The SMILES string of the molecule is Cc1ccc(C(=O)N2CCC(Oc3cc(C)oc(=O)c3)CC2)c(C)c1. The largest absolute Gasteiger partial charge is 0.490 e. The molecule has 0 spiro atoms. The molecule has 2 heterocycles. The Morgan fingerprint density at radius 1 is 1.12 bits per heavy atom. The molecule has 1 aliphatic rings. The fraction of sp³-hybridized carbons (Fsp3) is 0.400. The minimum absolute atomic E-state index is 0.00404. The second-order valence-electron chi connectivity index (χ2n) is 6.65. The molecule has 1 aliphatic heterocycles. The predicted molar refractivity (Wildman–Crippen MR) is 95.2 cm³/mol. The summed E-state index contributed by atoms with van der Waals surface area (Å²) in [5, 5.41) is 0. The van der Waals surface area contributed by atoms with Crippen molar-refractivity contribution in [3.63, 3.8) is 0 Å². The number of likely N-dealkylation sites (tertiary alicyclic amines) is 1. The van der Waals surface area contributed by atoms with Crippen LogP contribution in [0.5, 0.6) is 5.75 Å². The number of amides is 1. The summed E-state index contributed by atoms with van der Waals surface area (Å²) in [5.41, 5.74) is 2.53. The second kappa shape index (κ2) is 7.13. The molecule has 5 heteroatoms. The van der Waals surface area contributed by atoms with E-state index < -0.39 is 5.63 Å². The lowest BCUT2D eigenvalue weighted by Crippen LogP contribution is -2.42. The first kappa shape index (κ1) is 17.3. The fourth-order valence-electron chi connectivity index (χ4n) is 3.24. The van der Waals surface area contributed by atoms with E-state index in [1.807, 2.05) is 36.9 Å². The van der Waals surface area contributed by atoms with Crippen LogP contribution in [-0.4, -0.2) is 30.0 Å². The normalized spacial score (nSPS) is 15.2. The molecular formula is C20H23NO4. The third-order valence-electron chi connectivity index (χ3n) is 4.51. The van der Waals surface area contributed by atoms with E-state index in [0.29, 0.717) is 24.6 Å². The maximum Gasteiger partial charge on any atom is 0.339 e. The van der Waals surface area contributed by atoms with Crippen molar-refractivity contribution in [2.75, 3.05) is 13.1 Å². The van der Waals surface area contributed by atoms with Crippen LogP contribution in [0.3, 0.4) is 0 Å². The van der Waals surface area contributed by atoms with Crippen LogP contribution in [0.2, 0.25) is 0 Å². The Labute approximate surface area is 147 Å². The second-order valence-corrected chi connectivity index (χ2v) is 6.65. The molecule has 0 bridgehead atoms. The summed E-state index contributed by atoms with van der Waals surface area (Å²) in [6.07, 6.45) is 1.50. The van der Waals surface area contributed by atoms with Gasteiger partial charge in [0.1, 0.15) is 17.6 Å². The van der Waals surface area contributed by atoms with E-state index >= 15 is 0 Å². The van der Waals surface area contributed by atoms with Gasteiger partial charge in [0.15, 0.2) is 0 Å². The highest BCUT2D eigenvalue weighted by Gasteiger charge is 2.25. The summed E-state index contributed by atoms with van der Waals surface area (Å²) < 4.78 is 10.8. The van der Waals surface area contributed by atoms with Gasteiger partial charge in [-0.3, -0.25) is 4.79 Å². The highest BCUT2D eigenvalue weighted by atomic mass is 16.5. The maximum absolute atomic E-state index is 12.7. The van der Waals surface area contributed by atoms with Crippen LogP contribution in [0, 0.1) is 20.8 Å². The number of aryl methyl sites for hydroxylation is 3. The molecule has 1 saturated heterocycles. The zero-order valence-electron chi connectivity index (χ0n) is 14.9. The molecule has 1 aromatic heterocycles. The van der Waals surface area contributed by atoms with Gasteiger partial charge in [0.25, 0.3) is 5.91 Å². The van der Waals surface area contributed by atoms with Crippen molar-refractivity contribution >= 4 is 5.91 Å². The van der Waals surface area contributed by atoms with Gasteiger partial charge < -0.3 is 14.1 Å². The van der Waals surface area contributed by atoms with Gasteiger partial charge in [-0.2, -0.15) is 0 Å². The molecule has 2 aromatic rings. The van der Waals surface area contributed by atoms with Gasteiger partial charge in [-0.1, -0.05) is 17.7 Å². The van der Waals surface area contributed by atoms with Gasteiger partial charge >= 0.3 is 5.63 Å². The Kier molecular flexibility index (Phi) is 4.93. The summed E-state index contributed by atoms with van der Waals surface area (Å²) in [5.74, 6) is 1.14. The molecule has 3 rings (SSSR count). The summed E-state index contributed by atoms with van der Waals surface area (Å²) in [7, 11) is 0. The van der Waals surface area contributed by atoms with Gasteiger partial charge in [-0.25, -0.2) is 4.79 Å². The van der Waals surface area contributed by atoms with Crippen LogP contribution in [0.1, 0.15) is 40.1 Å². The predicted octanol–water partition coefficient (Wildman–Crippen LogP) is 3.25. The lowest BCUT2D eigenvalue weighted by atomic mass is 10.0. The molecule has 0 radical (unpaired) electrons. The minimum Gasteiger partial charge on any atom is -0.490 e. The molecule has 0 unspecified atom stereocenters. The van der Waals surface area contributed by atoms with Crippen LogP contribution in [0.15, 0.2) is 39.5 Å². The number of hydrogen-bond acceptors (Lipinski definition) is 4. The van der Waals surface area contributed by atoms with Gasteiger partial charge in [0.05, 0.1) is 6.07 Å². The molecule has 0 atom stereocenters.